The molecule has 1 unspecified atom stereocenters. The third-order valence-corrected chi connectivity index (χ3v) is 4.51. The van der Waals surface area contributed by atoms with Crippen molar-refractivity contribution in [1.29, 1.82) is 0 Å². The third-order valence-electron chi connectivity index (χ3n) is 3.40. The van der Waals surface area contributed by atoms with Crippen LogP contribution < -0.4 is 5.32 Å². The minimum absolute atomic E-state index is 0.0390. The second-order valence-corrected chi connectivity index (χ2v) is 7.39. The SMILES string of the molecule is CC(CCc1ccco1)Nc1ccc(S(C)(=O)=O)cc1[N+](=O)[O-]. The molecular weight excluding hydrogens is 320 g/mol. The van der Waals surface area contributed by atoms with E-state index in [1.165, 1.54) is 12.1 Å². The van der Waals surface area contributed by atoms with Crippen molar-refractivity contribution in [3.63, 3.8) is 0 Å². The highest BCUT2D eigenvalue weighted by Gasteiger charge is 2.19. The predicted molar refractivity (Wildman–Crippen MR) is 86.3 cm³/mol. The molecule has 8 heteroatoms. The molecule has 1 aromatic heterocycles. The summed E-state index contributed by atoms with van der Waals surface area (Å²) in [4.78, 5) is 10.5. The lowest BCUT2D eigenvalue weighted by Gasteiger charge is -2.15. The zero-order valence-corrected chi connectivity index (χ0v) is 13.7. The maximum absolute atomic E-state index is 11.5. The predicted octanol–water partition coefficient (Wildman–Crippen LogP) is 3.02. The van der Waals surface area contributed by atoms with Crippen molar-refractivity contribution in [3.05, 3.63) is 52.5 Å². The van der Waals surface area contributed by atoms with Crippen molar-refractivity contribution in [2.45, 2.75) is 30.7 Å². The maximum Gasteiger partial charge on any atom is 0.293 e. The Hall–Kier alpha value is -2.35. The van der Waals surface area contributed by atoms with E-state index < -0.39 is 14.8 Å². The molecule has 1 heterocycles. The molecule has 0 spiro atoms. The fourth-order valence-electron chi connectivity index (χ4n) is 2.17. The Balaban J connectivity index is 2.13. The highest BCUT2D eigenvalue weighted by molar-refractivity contribution is 7.90. The number of hydrogen-bond donors (Lipinski definition) is 1. The van der Waals surface area contributed by atoms with Crippen LogP contribution in [0.3, 0.4) is 0 Å². The van der Waals surface area contributed by atoms with Gasteiger partial charge in [-0.3, -0.25) is 10.1 Å². The molecule has 1 N–H and O–H groups in total. The Morgan fingerprint density at radius 2 is 2.09 bits per heavy atom. The standard InChI is InChI=1S/C15H18N2O5S/c1-11(5-6-12-4-3-9-22-12)16-14-8-7-13(23(2,20)21)10-15(14)17(18)19/h3-4,7-11,16H,5-6H2,1-2H3. The molecule has 0 amide bonds. The fourth-order valence-corrected chi connectivity index (χ4v) is 2.81. The van der Waals surface area contributed by atoms with Crippen molar-refractivity contribution < 1.29 is 17.8 Å². The molecule has 0 saturated carbocycles. The number of furan rings is 1. The van der Waals surface area contributed by atoms with Crippen molar-refractivity contribution >= 4 is 21.2 Å². The number of sulfone groups is 1. The van der Waals surface area contributed by atoms with E-state index in [1.807, 2.05) is 19.1 Å². The topological polar surface area (TPSA) is 102 Å². The van der Waals surface area contributed by atoms with Crippen LogP contribution >= 0.6 is 0 Å². The lowest BCUT2D eigenvalue weighted by atomic mass is 10.1. The summed E-state index contributed by atoms with van der Waals surface area (Å²) in [7, 11) is -3.49. The van der Waals surface area contributed by atoms with E-state index in [-0.39, 0.29) is 16.6 Å². The van der Waals surface area contributed by atoms with E-state index in [1.54, 1.807) is 6.26 Å². The van der Waals surface area contributed by atoms with E-state index >= 15 is 0 Å². The number of rotatable bonds is 7. The summed E-state index contributed by atoms with van der Waals surface area (Å²) in [6, 6.07) is 7.51. The first-order chi connectivity index (χ1) is 10.8. The number of benzene rings is 1. The number of nitrogens with zero attached hydrogens (tertiary/aromatic N) is 1. The maximum atomic E-state index is 11.5. The van der Waals surface area contributed by atoms with Gasteiger partial charge in [0.25, 0.3) is 5.69 Å². The van der Waals surface area contributed by atoms with Gasteiger partial charge in [-0.1, -0.05) is 0 Å². The molecule has 0 bridgehead atoms. The van der Waals surface area contributed by atoms with Crippen molar-refractivity contribution in [2.75, 3.05) is 11.6 Å². The summed E-state index contributed by atoms with van der Waals surface area (Å²) < 4.78 is 28.3. The summed E-state index contributed by atoms with van der Waals surface area (Å²) in [6.07, 6.45) is 4.04. The molecule has 23 heavy (non-hydrogen) atoms. The van der Waals surface area contributed by atoms with E-state index in [2.05, 4.69) is 5.32 Å². The fraction of sp³-hybridized carbons (Fsp3) is 0.333. The quantitative estimate of drug-likeness (QED) is 0.615. The normalized spacial score (nSPS) is 12.8. The van der Waals surface area contributed by atoms with Crippen molar-refractivity contribution in [3.8, 4) is 0 Å². The molecule has 0 aliphatic rings. The van der Waals surface area contributed by atoms with Crippen LogP contribution in [0.5, 0.6) is 0 Å². The van der Waals surface area contributed by atoms with Gasteiger partial charge in [-0.15, -0.1) is 0 Å². The lowest BCUT2D eigenvalue weighted by Crippen LogP contribution is -2.17. The number of anilines is 1. The van der Waals surface area contributed by atoms with Crippen molar-refractivity contribution in [2.24, 2.45) is 0 Å². The lowest BCUT2D eigenvalue weighted by molar-refractivity contribution is -0.384. The van der Waals surface area contributed by atoms with Crippen LogP contribution in [0, 0.1) is 10.1 Å². The van der Waals surface area contributed by atoms with Gasteiger partial charge < -0.3 is 9.73 Å². The number of hydrogen-bond acceptors (Lipinski definition) is 6. The minimum atomic E-state index is -3.49. The van der Waals surface area contributed by atoms with Gasteiger partial charge in [0, 0.05) is 24.8 Å². The second kappa shape index (κ2) is 6.82. The zero-order chi connectivity index (χ0) is 17.0. The van der Waals surface area contributed by atoms with Gasteiger partial charge in [-0.05, 0) is 37.6 Å². The number of nitro benzene ring substituents is 1. The largest absolute Gasteiger partial charge is 0.469 e. The van der Waals surface area contributed by atoms with Gasteiger partial charge in [-0.2, -0.15) is 0 Å². The molecule has 7 nitrogen and oxygen atoms in total. The van der Waals surface area contributed by atoms with Crippen molar-refractivity contribution in [1.82, 2.24) is 0 Å². The number of nitro groups is 1. The highest BCUT2D eigenvalue weighted by Crippen LogP contribution is 2.28. The summed E-state index contributed by atoms with van der Waals surface area (Å²) in [5.74, 6) is 0.848. The first-order valence-electron chi connectivity index (χ1n) is 7.05. The average molecular weight is 338 g/mol. The Morgan fingerprint density at radius 1 is 1.35 bits per heavy atom. The first-order valence-corrected chi connectivity index (χ1v) is 8.94. The molecule has 0 fully saturated rings. The Morgan fingerprint density at radius 3 is 2.65 bits per heavy atom. The Bertz CT molecular complexity index is 784. The van der Waals surface area contributed by atoms with Crippen LogP contribution in [0.25, 0.3) is 0 Å². The number of aryl methyl sites for hydroxylation is 1. The van der Waals surface area contributed by atoms with Gasteiger partial charge in [0.05, 0.1) is 16.1 Å². The first kappa shape index (κ1) is 17.0. The van der Waals surface area contributed by atoms with Crippen LogP contribution in [0.15, 0.2) is 45.9 Å². The second-order valence-electron chi connectivity index (χ2n) is 5.37. The molecule has 1 atom stereocenters. The summed E-state index contributed by atoms with van der Waals surface area (Å²) in [5, 5.41) is 14.2. The molecule has 0 aliphatic carbocycles. The molecular formula is C15H18N2O5S. The van der Waals surface area contributed by atoms with Gasteiger partial charge >= 0.3 is 0 Å². The minimum Gasteiger partial charge on any atom is -0.469 e. The molecule has 124 valence electrons. The summed E-state index contributed by atoms with van der Waals surface area (Å²) in [6.45, 7) is 1.90. The summed E-state index contributed by atoms with van der Waals surface area (Å²) in [5.41, 5.74) is 0.0483. The third kappa shape index (κ3) is 4.56. The van der Waals surface area contributed by atoms with E-state index in [0.717, 1.165) is 24.5 Å². The molecule has 0 radical (unpaired) electrons. The molecule has 0 saturated heterocycles. The summed E-state index contributed by atoms with van der Waals surface area (Å²) >= 11 is 0. The van der Waals surface area contributed by atoms with Crippen LogP contribution in [0.1, 0.15) is 19.1 Å². The van der Waals surface area contributed by atoms with Crippen LogP contribution in [-0.2, 0) is 16.3 Å². The van der Waals surface area contributed by atoms with Gasteiger partial charge in [0.2, 0.25) is 0 Å². The van der Waals surface area contributed by atoms with Crippen LogP contribution in [0.4, 0.5) is 11.4 Å². The van der Waals surface area contributed by atoms with Crippen LogP contribution in [-0.4, -0.2) is 25.6 Å². The van der Waals surface area contributed by atoms with Gasteiger partial charge in [0.15, 0.2) is 9.84 Å². The molecule has 2 rings (SSSR count). The Labute approximate surface area is 134 Å². The molecule has 1 aromatic carbocycles. The van der Waals surface area contributed by atoms with Crippen LogP contribution in [0.2, 0.25) is 0 Å². The monoisotopic (exact) mass is 338 g/mol. The molecule has 2 aromatic rings. The highest BCUT2D eigenvalue weighted by atomic mass is 32.2. The smallest absolute Gasteiger partial charge is 0.293 e. The zero-order valence-electron chi connectivity index (χ0n) is 12.9. The number of nitrogens with one attached hydrogen (secondary N) is 1. The Kier molecular flexibility index (Phi) is 5.05. The van der Waals surface area contributed by atoms with Gasteiger partial charge in [0.1, 0.15) is 11.4 Å². The van der Waals surface area contributed by atoms with Gasteiger partial charge in [-0.25, -0.2) is 8.42 Å². The average Bonchev–Trinajstić information content (AvgIpc) is 2.97. The van der Waals surface area contributed by atoms with E-state index in [0.29, 0.717) is 12.1 Å². The molecule has 0 aliphatic heterocycles. The van der Waals surface area contributed by atoms with E-state index in [4.69, 9.17) is 4.42 Å². The van der Waals surface area contributed by atoms with E-state index in [9.17, 15) is 18.5 Å².